The Hall–Kier alpha value is -2.82. The molecule has 0 aliphatic heterocycles. The van der Waals surface area contributed by atoms with E-state index >= 15 is 0 Å². The van der Waals surface area contributed by atoms with E-state index in [9.17, 15) is 13.2 Å². The molecule has 1 aromatic carbocycles. The summed E-state index contributed by atoms with van der Waals surface area (Å²) in [5.41, 5.74) is 0.0908. The van der Waals surface area contributed by atoms with Crippen molar-refractivity contribution < 1.29 is 17.9 Å². The molecule has 0 saturated heterocycles. The number of nitriles is 1. The monoisotopic (exact) mass is 322 g/mol. The third kappa shape index (κ3) is 3.69. The van der Waals surface area contributed by atoms with Crippen LogP contribution < -0.4 is 9.64 Å². The van der Waals surface area contributed by atoms with E-state index in [1.54, 1.807) is 38.2 Å². The van der Waals surface area contributed by atoms with Crippen molar-refractivity contribution in [2.75, 3.05) is 18.6 Å². The molecule has 1 heterocycles. The van der Waals surface area contributed by atoms with Gasteiger partial charge in [-0.25, -0.2) is 4.98 Å². The van der Waals surface area contributed by atoms with Crippen molar-refractivity contribution in [3.8, 4) is 11.9 Å². The maximum Gasteiger partial charge on any atom is 0.423 e. The van der Waals surface area contributed by atoms with Gasteiger partial charge in [0, 0.05) is 18.9 Å². The van der Waals surface area contributed by atoms with Gasteiger partial charge in [-0.15, -0.1) is 0 Å². The Bertz CT molecular complexity index is 723. The molecule has 120 valence electrons. The zero-order chi connectivity index (χ0) is 17.0. The molecule has 0 atom stereocenters. The molecule has 0 spiro atoms. The van der Waals surface area contributed by atoms with Crippen molar-refractivity contribution >= 4 is 11.6 Å². The van der Waals surface area contributed by atoms with E-state index in [-0.39, 0.29) is 12.6 Å². The fourth-order valence-electron chi connectivity index (χ4n) is 1.84. The highest BCUT2D eigenvalue weighted by molar-refractivity contribution is 5.58. The molecule has 0 unspecified atom stereocenters. The molecule has 0 saturated carbocycles. The SMILES string of the molecule is CCOc1nc(N(C)c2ccc(C#N)cc2)ncc1C(F)(F)F. The number of halogens is 3. The smallest absolute Gasteiger partial charge is 0.423 e. The Morgan fingerprint density at radius 1 is 1.26 bits per heavy atom. The highest BCUT2D eigenvalue weighted by atomic mass is 19.4. The summed E-state index contributed by atoms with van der Waals surface area (Å²) in [7, 11) is 1.61. The molecule has 2 rings (SSSR count). The Balaban J connectivity index is 2.38. The van der Waals surface area contributed by atoms with Gasteiger partial charge < -0.3 is 9.64 Å². The molecule has 5 nitrogen and oxygen atoms in total. The van der Waals surface area contributed by atoms with Gasteiger partial charge in [-0.05, 0) is 31.2 Å². The summed E-state index contributed by atoms with van der Waals surface area (Å²) < 4.78 is 43.7. The number of hydrogen-bond acceptors (Lipinski definition) is 5. The Kier molecular flexibility index (Phi) is 4.69. The number of ether oxygens (including phenoxy) is 1. The van der Waals surface area contributed by atoms with Crippen LogP contribution in [0.4, 0.5) is 24.8 Å². The summed E-state index contributed by atoms with van der Waals surface area (Å²) in [5, 5.41) is 8.77. The number of alkyl halides is 3. The molecule has 1 aromatic heterocycles. The van der Waals surface area contributed by atoms with Crippen LogP contribution in [0.2, 0.25) is 0 Å². The van der Waals surface area contributed by atoms with Crippen molar-refractivity contribution in [1.82, 2.24) is 9.97 Å². The van der Waals surface area contributed by atoms with E-state index in [1.165, 1.54) is 4.90 Å². The van der Waals surface area contributed by atoms with Gasteiger partial charge >= 0.3 is 6.18 Å². The van der Waals surface area contributed by atoms with Crippen molar-refractivity contribution in [3.05, 3.63) is 41.6 Å². The molecule has 8 heteroatoms. The number of anilines is 2. The van der Waals surface area contributed by atoms with Gasteiger partial charge in [0.25, 0.3) is 0 Å². The summed E-state index contributed by atoms with van der Waals surface area (Å²) in [5.74, 6) is -0.448. The van der Waals surface area contributed by atoms with Crippen LogP contribution in [0.1, 0.15) is 18.1 Å². The second-order valence-electron chi connectivity index (χ2n) is 4.54. The zero-order valence-electron chi connectivity index (χ0n) is 12.4. The topological polar surface area (TPSA) is 62.0 Å². The summed E-state index contributed by atoms with van der Waals surface area (Å²) in [6.45, 7) is 1.63. The first-order valence-electron chi connectivity index (χ1n) is 6.67. The first-order valence-corrected chi connectivity index (χ1v) is 6.67. The first kappa shape index (κ1) is 16.5. The van der Waals surface area contributed by atoms with Gasteiger partial charge in [0.1, 0.15) is 5.56 Å². The van der Waals surface area contributed by atoms with E-state index in [4.69, 9.17) is 10.00 Å². The quantitative estimate of drug-likeness (QED) is 0.861. The summed E-state index contributed by atoms with van der Waals surface area (Å²) >= 11 is 0. The predicted molar refractivity (Wildman–Crippen MR) is 77.4 cm³/mol. The fourth-order valence-corrected chi connectivity index (χ4v) is 1.84. The van der Waals surface area contributed by atoms with Gasteiger partial charge in [0.05, 0.1) is 18.2 Å². The Morgan fingerprint density at radius 2 is 1.91 bits per heavy atom. The lowest BCUT2D eigenvalue weighted by Gasteiger charge is -2.19. The van der Waals surface area contributed by atoms with Crippen LogP contribution in [0.5, 0.6) is 5.88 Å². The predicted octanol–water partition coefficient (Wildman–Crippen LogP) is 3.53. The molecule has 0 aliphatic rings. The van der Waals surface area contributed by atoms with Gasteiger partial charge in [-0.1, -0.05) is 0 Å². The summed E-state index contributed by atoms with van der Waals surface area (Å²) in [4.78, 5) is 9.12. The summed E-state index contributed by atoms with van der Waals surface area (Å²) in [6, 6.07) is 8.49. The van der Waals surface area contributed by atoms with E-state index in [2.05, 4.69) is 9.97 Å². The largest absolute Gasteiger partial charge is 0.477 e. The Morgan fingerprint density at radius 3 is 2.43 bits per heavy atom. The Labute approximate surface area is 131 Å². The lowest BCUT2D eigenvalue weighted by molar-refractivity contribution is -0.139. The number of nitrogens with zero attached hydrogens (tertiary/aromatic N) is 4. The molecule has 23 heavy (non-hydrogen) atoms. The van der Waals surface area contributed by atoms with Crippen molar-refractivity contribution in [2.24, 2.45) is 0 Å². The normalized spacial score (nSPS) is 11.0. The highest BCUT2D eigenvalue weighted by Gasteiger charge is 2.36. The van der Waals surface area contributed by atoms with Crippen molar-refractivity contribution in [1.29, 1.82) is 5.26 Å². The maximum atomic E-state index is 12.9. The first-order chi connectivity index (χ1) is 10.9. The van der Waals surface area contributed by atoms with Gasteiger partial charge in [-0.2, -0.15) is 23.4 Å². The second kappa shape index (κ2) is 6.52. The van der Waals surface area contributed by atoms with Gasteiger partial charge in [-0.3, -0.25) is 0 Å². The molecular formula is C15H13F3N4O. The number of benzene rings is 1. The zero-order valence-corrected chi connectivity index (χ0v) is 12.4. The molecule has 0 amide bonds. The highest BCUT2D eigenvalue weighted by Crippen LogP contribution is 2.35. The minimum atomic E-state index is -4.59. The van der Waals surface area contributed by atoms with Crippen molar-refractivity contribution in [2.45, 2.75) is 13.1 Å². The maximum absolute atomic E-state index is 12.9. The van der Waals surface area contributed by atoms with E-state index in [1.807, 2.05) is 6.07 Å². The number of hydrogen-bond donors (Lipinski definition) is 0. The van der Waals surface area contributed by atoms with Crippen LogP contribution in [-0.2, 0) is 6.18 Å². The lowest BCUT2D eigenvalue weighted by atomic mass is 10.2. The van der Waals surface area contributed by atoms with Crippen LogP contribution >= 0.6 is 0 Å². The van der Waals surface area contributed by atoms with Crippen LogP contribution in [0, 0.1) is 11.3 Å². The van der Waals surface area contributed by atoms with Crippen LogP contribution in [0.3, 0.4) is 0 Å². The molecule has 2 aromatic rings. The second-order valence-corrected chi connectivity index (χ2v) is 4.54. The lowest BCUT2D eigenvalue weighted by Crippen LogP contribution is -2.17. The van der Waals surface area contributed by atoms with Crippen LogP contribution in [-0.4, -0.2) is 23.6 Å². The average molecular weight is 322 g/mol. The number of rotatable bonds is 4. The standard InChI is InChI=1S/C15H13F3N4O/c1-3-23-13-12(15(16,17)18)9-20-14(21-13)22(2)11-6-4-10(8-19)5-7-11/h4-7,9H,3H2,1-2H3. The molecular weight excluding hydrogens is 309 g/mol. The van der Waals surface area contributed by atoms with E-state index < -0.39 is 17.6 Å². The van der Waals surface area contributed by atoms with Crippen LogP contribution in [0.25, 0.3) is 0 Å². The van der Waals surface area contributed by atoms with E-state index in [0.29, 0.717) is 17.4 Å². The van der Waals surface area contributed by atoms with E-state index in [0.717, 1.165) is 0 Å². The van der Waals surface area contributed by atoms with Crippen molar-refractivity contribution in [3.63, 3.8) is 0 Å². The molecule has 0 N–H and O–H groups in total. The molecule has 0 bridgehead atoms. The molecule has 0 aliphatic carbocycles. The number of aromatic nitrogens is 2. The molecule has 0 fully saturated rings. The third-order valence-corrected chi connectivity index (χ3v) is 3.01. The summed E-state index contributed by atoms with van der Waals surface area (Å²) in [6.07, 6.45) is -3.89. The average Bonchev–Trinajstić information content (AvgIpc) is 2.53. The minimum absolute atomic E-state index is 0.0557. The van der Waals surface area contributed by atoms with Gasteiger partial charge in [0.15, 0.2) is 0 Å². The van der Waals surface area contributed by atoms with Crippen LogP contribution in [0.15, 0.2) is 30.5 Å². The molecule has 0 radical (unpaired) electrons. The minimum Gasteiger partial charge on any atom is -0.477 e. The third-order valence-electron chi connectivity index (χ3n) is 3.01. The fraction of sp³-hybridized carbons (Fsp3) is 0.267. The van der Waals surface area contributed by atoms with Gasteiger partial charge in [0.2, 0.25) is 11.8 Å².